The lowest BCUT2D eigenvalue weighted by Gasteiger charge is -2.09. The van der Waals surface area contributed by atoms with Gasteiger partial charge in [0.25, 0.3) is 6.43 Å². The van der Waals surface area contributed by atoms with Crippen LogP contribution in [0.25, 0.3) is 0 Å². The van der Waals surface area contributed by atoms with Crippen molar-refractivity contribution in [1.82, 2.24) is 4.98 Å². The van der Waals surface area contributed by atoms with Gasteiger partial charge < -0.3 is 0 Å². The quantitative estimate of drug-likeness (QED) is 0.592. The van der Waals surface area contributed by atoms with Crippen molar-refractivity contribution < 1.29 is 13.6 Å². The van der Waals surface area contributed by atoms with Crippen molar-refractivity contribution in [1.29, 1.82) is 5.26 Å². The molecule has 0 aliphatic carbocycles. The van der Waals surface area contributed by atoms with Gasteiger partial charge in [0.1, 0.15) is 11.8 Å². The molecule has 78 valence electrons. The molecule has 0 aromatic carbocycles. The molecule has 0 unspecified atom stereocenters. The molecular weight excluding hydrogens is 226 g/mol. The van der Waals surface area contributed by atoms with Gasteiger partial charge in [-0.25, -0.2) is 8.78 Å². The summed E-state index contributed by atoms with van der Waals surface area (Å²) >= 11 is 5.45. The Balaban J connectivity index is 3.53. The number of rotatable bonds is 3. The second-order valence-corrected chi connectivity index (χ2v) is 2.88. The molecule has 1 aromatic rings. The average Bonchev–Trinajstić information content (AvgIpc) is 2.26. The van der Waals surface area contributed by atoms with Crippen LogP contribution in [-0.2, 0) is 5.88 Å². The fourth-order valence-electron chi connectivity index (χ4n) is 1.16. The lowest BCUT2D eigenvalue weighted by Crippen LogP contribution is -2.04. The summed E-state index contributed by atoms with van der Waals surface area (Å²) in [5, 5.41) is 8.60. The first-order valence-electron chi connectivity index (χ1n) is 3.86. The predicted molar refractivity (Wildman–Crippen MR) is 48.9 cm³/mol. The number of nitriles is 1. The Bertz CT molecular complexity index is 429. The third-order valence-corrected chi connectivity index (χ3v) is 2.11. The van der Waals surface area contributed by atoms with E-state index in [9.17, 15) is 13.6 Å². The molecule has 0 saturated carbocycles. The van der Waals surface area contributed by atoms with Crippen LogP contribution in [-0.4, -0.2) is 11.3 Å². The molecule has 0 saturated heterocycles. The van der Waals surface area contributed by atoms with Gasteiger partial charge in [-0.05, 0) is 0 Å². The fraction of sp³-hybridized carbons (Fsp3) is 0.222. The number of halogens is 3. The zero-order chi connectivity index (χ0) is 11.4. The molecule has 0 aliphatic heterocycles. The minimum Gasteiger partial charge on any atom is -0.296 e. The Labute approximate surface area is 89.3 Å². The van der Waals surface area contributed by atoms with E-state index in [1.807, 2.05) is 0 Å². The minimum absolute atomic E-state index is 0.0827. The largest absolute Gasteiger partial charge is 0.296 e. The number of carbonyl (C=O) groups is 1. The van der Waals surface area contributed by atoms with Gasteiger partial charge in [-0.3, -0.25) is 9.78 Å². The zero-order valence-corrected chi connectivity index (χ0v) is 8.13. The SMILES string of the molecule is N#Cc1cnc(C=O)c(CCl)c1C(F)F. The number of alkyl halides is 3. The summed E-state index contributed by atoms with van der Waals surface area (Å²) in [6.07, 6.45) is -1.57. The Morgan fingerprint density at radius 2 is 2.33 bits per heavy atom. The van der Waals surface area contributed by atoms with Gasteiger partial charge in [0.2, 0.25) is 0 Å². The lowest BCUT2D eigenvalue weighted by atomic mass is 10.0. The molecule has 0 amide bonds. The van der Waals surface area contributed by atoms with Gasteiger partial charge in [0, 0.05) is 17.3 Å². The van der Waals surface area contributed by atoms with Crippen molar-refractivity contribution in [3.05, 3.63) is 28.6 Å². The number of hydrogen-bond donors (Lipinski definition) is 0. The molecule has 3 nitrogen and oxygen atoms in total. The molecule has 6 heteroatoms. The molecule has 1 rings (SSSR count). The Hall–Kier alpha value is -1.54. The van der Waals surface area contributed by atoms with Gasteiger partial charge >= 0.3 is 0 Å². The molecule has 1 heterocycles. The number of pyridine rings is 1. The third-order valence-electron chi connectivity index (χ3n) is 1.84. The highest BCUT2D eigenvalue weighted by Crippen LogP contribution is 2.28. The Morgan fingerprint density at radius 1 is 1.67 bits per heavy atom. The minimum atomic E-state index is -2.85. The molecule has 0 bridgehead atoms. The number of nitrogens with zero attached hydrogens (tertiary/aromatic N) is 2. The maximum atomic E-state index is 12.6. The topological polar surface area (TPSA) is 53.8 Å². The first-order chi connectivity index (χ1) is 7.15. The fourth-order valence-corrected chi connectivity index (χ4v) is 1.44. The first-order valence-corrected chi connectivity index (χ1v) is 4.40. The lowest BCUT2D eigenvalue weighted by molar-refractivity contribution is 0.111. The van der Waals surface area contributed by atoms with Crippen LogP contribution in [0, 0.1) is 11.3 Å². The standard InChI is InChI=1S/C9H5ClF2N2O/c10-1-6-7(4-15)14-3-5(2-13)8(6)9(11)12/h3-4,9H,1H2. The molecular formula is C9H5ClF2N2O. The van der Waals surface area contributed by atoms with E-state index in [0.29, 0.717) is 6.29 Å². The molecule has 0 atom stereocenters. The van der Waals surface area contributed by atoms with E-state index >= 15 is 0 Å². The summed E-state index contributed by atoms with van der Waals surface area (Å²) in [6.45, 7) is 0. The van der Waals surface area contributed by atoms with Gasteiger partial charge in [0.05, 0.1) is 11.4 Å². The van der Waals surface area contributed by atoms with E-state index in [1.54, 1.807) is 6.07 Å². The van der Waals surface area contributed by atoms with Crippen molar-refractivity contribution in [3.63, 3.8) is 0 Å². The molecule has 0 aliphatic rings. The van der Waals surface area contributed by atoms with Crippen LogP contribution in [0.4, 0.5) is 8.78 Å². The van der Waals surface area contributed by atoms with E-state index in [0.717, 1.165) is 6.20 Å². The number of carbonyl (C=O) groups excluding carboxylic acids is 1. The highest BCUT2D eigenvalue weighted by Gasteiger charge is 2.21. The van der Waals surface area contributed by atoms with E-state index in [4.69, 9.17) is 16.9 Å². The van der Waals surface area contributed by atoms with Gasteiger partial charge in [-0.1, -0.05) is 0 Å². The van der Waals surface area contributed by atoms with Crippen molar-refractivity contribution in [2.75, 3.05) is 0 Å². The van der Waals surface area contributed by atoms with Crippen LogP contribution in [0.2, 0.25) is 0 Å². The molecule has 0 fully saturated rings. The van der Waals surface area contributed by atoms with Crippen LogP contribution in [0.15, 0.2) is 6.20 Å². The van der Waals surface area contributed by atoms with E-state index in [-0.39, 0.29) is 22.7 Å². The van der Waals surface area contributed by atoms with Crippen molar-refractivity contribution in [2.24, 2.45) is 0 Å². The summed E-state index contributed by atoms with van der Waals surface area (Å²) in [7, 11) is 0. The van der Waals surface area contributed by atoms with Crippen molar-refractivity contribution in [2.45, 2.75) is 12.3 Å². The molecule has 0 N–H and O–H groups in total. The van der Waals surface area contributed by atoms with Crippen molar-refractivity contribution >= 4 is 17.9 Å². The number of aldehydes is 1. The van der Waals surface area contributed by atoms with Crippen LogP contribution >= 0.6 is 11.6 Å². The second kappa shape index (κ2) is 4.80. The molecule has 1 aromatic heterocycles. The summed E-state index contributed by atoms with van der Waals surface area (Å²) in [5.41, 5.74) is -1.00. The highest BCUT2D eigenvalue weighted by atomic mass is 35.5. The van der Waals surface area contributed by atoms with Gasteiger partial charge in [-0.2, -0.15) is 5.26 Å². The zero-order valence-electron chi connectivity index (χ0n) is 7.38. The van der Waals surface area contributed by atoms with Crippen LogP contribution in [0.1, 0.15) is 33.6 Å². The normalized spacial score (nSPS) is 10.1. The van der Waals surface area contributed by atoms with Crippen LogP contribution in [0.5, 0.6) is 0 Å². The molecule has 0 spiro atoms. The number of hydrogen-bond acceptors (Lipinski definition) is 3. The van der Waals surface area contributed by atoms with Crippen LogP contribution in [0.3, 0.4) is 0 Å². The smallest absolute Gasteiger partial charge is 0.265 e. The van der Waals surface area contributed by atoms with Gasteiger partial charge in [-0.15, -0.1) is 11.6 Å². The van der Waals surface area contributed by atoms with E-state index in [1.165, 1.54) is 0 Å². The highest BCUT2D eigenvalue weighted by molar-refractivity contribution is 6.17. The van der Waals surface area contributed by atoms with E-state index < -0.39 is 12.0 Å². The number of aromatic nitrogens is 1. The summed E-state index contributed by atoms with van der Waals surface area (Å²) in [6, 6.07) is 1.59. The monoisotopic (exact) mass is 230 g/mol. The Morgan fingerprint density at radius 3 is 2.73 bits per heavy atom. The third kappa shape index (κ3) is 2.10. The van der Waals surface area contributed by atoms with Crippen molar-refractivity contribution in [3.8, 4) is 6.07 Å². The maximum Gasteiger partial charge on any atom is 0.265 e. The Kier molecular flexibility index (Phi) is 3.69. The van der Waals surface area contributed by atoms with E-state index in [2.05, 4.69) is 4.98 Å². The summed E-state index contributed by atoms with van der Waals surface area (Å²) in [4.78, 5) is 14.1. The van der Waals surface area contributed by atoms with Crippen LogP contribution < -0.4 is 0 Å². The maximum absolute atomic E-state index is 12.6. The summed E-state index contributed by atoms with van der Waals surface area (Å²) in [5.74, 6) is -0.281. The van der Waals surface area contributed by atoms with Gasteiger partial charge in [0.15, 0.2) is 6.29 Å². The molecule has 15 heavy (non-hydrogen) atoms. The molecule has 0 radical (unpaired) electrons. The summed E-state index contributed by atoms with van der Waals surface area (Å²) < 4.78 is 25.2. The predicted octanol–water partition coefficient (Wildman–Crippen LogP) is 2.44. The average molecular weight is 231 g/mol. The second-order valence-electron chi connectivity index (χ2n) is 2.61. The first kappa shape index (κ1) is 11.5.